The van der Waals surface area contributed by atoms with Crippen molar-refractivity contribution < 1.29 is 0 Å². The minimum Gasteiger partial charge on any atom is -0.281 e. The van der Waals surface area contributed by atoms with Crippen molar-refractivity contribution in [2.45, 2.75) is 18.5 Å². The predicted octanol–water partition coefficient (Wildman–Crippen LogP) is 0.899. The summed E-state index contributed by atoms with van der Waals surface area (Å²) in [5.74, 6) is 0. The van der Waals surface area contributed by atoms with E-state index in [2.05, 4.69) is 37.1 Å². The standard InChI is InChI=1S/C7H16N2S/c1-6-5-8(2)7(10-4)9(6)3/h6-7H,5H2,1-4H3. The van der Waals surface area contributed by atoms with E-state index in [1.807, 2.05) is 11.8 Å². The second-order valence-corrected chi connectivity index (χ2v) is 3.91. The quantitative estimate of drug-likeness (QED) is 0.563. The normalized spacial score (nSPS) is 37.2. The van der Waals surface area contributed by atoms with Crippen molar-refractivity contribution in [3.05, 3.63) is 0 Å². The Morgan fingerprint density at radius 2 is 2.00 bits per heavy atom. The van der Waals surface area contributed by atoms with Crippen molar-refractivity contribution in [2.75, 3.05) is 26.9 Å². The van der Waals surface area contributed by atoms with Crippen molar-refractivity contribution in [1.29, 1.82) is 0 Å². The Morgan fingerprint density at radius 3 is 2.20 bits per heavy atom. The lowest BCUT2D eigenvalue weighted by Gasteiger charge is -2.23. The van der Waals surface area contributed by atoms with Crippen LogP contribution in [0.2, 0.25) is 0 Å². The average Bonchev–Trinajstić information content (AvgIpc) is 2.09. The Labute approximate surface area is 67.6 Å². The van der Waals surface area contributed by atoms with Crippen LogP contribution in [-0.2, 0) is 0 Å². The molecule has 1 heterocycles. The van der Waals surface area contributed by atoms with Crippen LogP contribution in [0.3, 0.4) is 0 Å². The van der Waals surface area contributed by atoms with Gasteiger partial charge in [0, 0.05) is 12.6 Å². The third kappa shape index (κ3) is 1.31. The highest BCUT2D eigenvalue weighted by molar-refractivity contribution is 7.99. The molecule has 0 aromatic rings. The SMILES string of the molecule is CSC1N(C)CC(C)N1C. The van der Waals surface area contributed by atoms with E-state index in [1.165, 1.54) is 6.54 Å². The van der Waals surface area contributed by atoms with Gasteiger partial charge in [0.05, 0.1) is 0 Å². The van der Waals surface area contributed by atoms with E-state index in [0.29, 0.717) is 11.5 Å². The molecule has 2 unspecified atom stereocenters. The molecule has 0 bridgehead atoms. The molecule has 3 heteroatoms. The summed E-state index contributed by atoms with van der Waals surface area (Å²) in [5.41, 5.74) is 0.593. The van der Waals surface area contributed by atoms with Crippen molar-refractivity contribution in [2.24, 2.45) is 0 Å². The van der Waals surface area contributed by atoms with Gasteiger partial charge >= 0.3 is 0 Å². The van der Waals surface area contributed by atoms with Gasteiger partial charge in [0.2, 0.25) is 0 Å². The minimum absolute atomic E-state index is 0.593. The molecule has 0 aromatic carbocycles. The summed E-state index contributed by atoms with van der Waals surface area (Å²) in [7, 11) is 4.37. The molecule has 0 spiro atoms. The van der Waals surface area contributed by atoms with Gasteiger partial charge in [-0.2, -0.15) is 0 Å². The monoisotopic (exact) mass is 160 g/mol. The van der Waals surface area contributed by atoms with Gasteiger partial charge in [-0.15, -0.1) is 11.8 Å². The van der Waals surface area contributed by atoms with Crippen molar-refractivity contribution in [3.8, 4) is 0 Å². The van der Waals surface area contributed by atoms with Gasteiger partial charge < -0.3 is 0 Å². The zero-order valence-corrected chi connectivity index (χ0v) is 7.98. The third-order valence-corrected chi connectivity index (χ3v) is 3.30. The first kappa shape index (κ1) is 8.37. The fraction of sp³-hybridized carbons (Fsp3) is 1.00. The average molecular weight is 160 g/mol. The first-order valence-electron chi connectivity index (χ1n) is 3.61. The van der Waals surface area contributed by atoms with E-state index in [4.69, 9.17) is 0 Å². The molecule has 0 amide bonds. The van der Waals surface area contributed by atoms with E-state index in [0.717, 1.165) is 0 Å². The number of rotatable bonds is 1. The van der Waals surface area contributed by atoms with Crippen LogP contribution in [0.1, 0.15) is 6.92 Å². The number of nitrogens with zero attached hydrogens (tertiary/aromatic N) is 2. The lowest BCUT2D eigenvalue weighted by Crippen LogP contribution is -2.32. The smallest absolute Gasteiger partial charge is 0.110 e. The number of hydrogen-bond acceptors (Lipinski definition) is 3. The molecule has 0 aromatic heterocycles. The highest BCUT2D eigenvalue weighted by Gasteiger charge is 2.30. The molecule has 60 valence electrons. The second-order valence-electron chi connectivity index (χ2n) is 3.02. The van der Waals surface area contributed by atoms with Crippen molar-refractivity contribution in [1.82, 2.24) is 9.80 Å². The predicted molar refractivity (Wildman–Crippen MR) is 47.2 cm³/mol. The number of thioether (sulfide) groups is 1. The lowest BCUT2D eigenvalue weighted by molar-refractivity contribution is 0.260. The second kappa shape index (κ2) is 3.11. The summed E-state index contributed by atoms with van der Waals surface area (Å²) in [5, 5.41) is 0. The van der Waals surface area contributed by atoms with Crippen LogP contribution in [0.5, 0.6) is 0 Å². The van der Waals surface area contributed by atoms with Crippen LogP contribution in [0.25, 0.3) is 0 Å². The largest absolute Gasteiger partial charge is 0.281 e. The first-order valence-corrected chi connectivity index (χ1v) is 4.90. The Bertz CT molecular complexity index is 118. The van der Waals surface area contributed by atoms with Gasteiger partial charge in [-0.1, -0.05) is 0 Å². The summed E-state index contributed by atoms with van der Waals surface area (Å²) in [6.07, 6.45) is 2.16. The molecule has 2 atom stereocenters. The zero-order chi connectivity index (χ0) is 7.72. The molecule has 2 nitrogen and oxygen atoms in total. The molecule has 1 fully saturated rings. The Balaban J connectivity index is 2.55. The maximum absolute atomic E-state index is 2.41. The van der Waals surface area contributed by atoms with Crippen LogP contribution >= 0.6 is 11.8 Å². The van der Waals surface area contributed by atoms with Crippen LogP contribution in [-0.4, -0.2) is 48.2 Å². The minimum atomic E-state index is 0.593. The lowest BCUT2D eigenvalue weighted by atomic mass is 10.3. The molecule has 1 aliphatic rings. The highest BCUT2D eigenvalue weighted by Crippen LogP contribution is 2.23. The molecular formula is C7H16N2S. The number of hydrogen-bond donors (Lipinski definition) is 0. The van der Waals surface area contributed by atoms with Gasteiger partial charge in [-0.05, 0) is 27.3 Å². The molecule has 1 saturated heterocycles. The van der Waals surface area contributed by atoms with Gasteiger partial charge in [-0.25, -0.2) is 0 Å². The van der Waals surface area contributed by atoms with Gasteiger partial charge in [-0.3, -0.25) is 9.80 Å². The van der Waals surface area contributed by atoms with Crippen LogP contribution < -0.4 is 0 Å². The van der Waals surface area contributed by atoms with Crippen molar-refractivity contribution in [3.63, 3.8) is 0 Å². The summed E-state index contributed by atoms with van der Waals surface area (Å²) in [6.45, 7) is 3.47. The molecular weight excluding hydrogens is 144 g/mol. The molecule has 1 aliphatic heterocycles. The molecule has 10 heavy (non-hydrogen) atoms. The summed E-state index contributed by atoms with van der Waals surface area (Å²) >= 11 is 1.90. The van der Waals surface area contributed by atoms with E-state index < -0.39 is 0 Å². The third-order valence-electron chi connectivity index (χ3n) is 2.18. The first-order chi connectivity index (χ1) is 4.66. The van der Waals surface area contributed by atoms with Crippen molar-refractivity contribution >= 4 is 11.8 Å². The summed E-state index contributed by atoms with van der Waals surface area (Å²) < 4.78 is 0. The molecule has 0 radical (unpaired) electrons. The van der Waals surface area contributed by atoms with E-state index >= 15 is 0 Å². The number of likely N-dealkylation sites (N-methyl/N-ethyl adjacent to an activating group) is 2. The topological polar surface area (TPSA) is 6.48 Å². The van der Waals surface area contributed by atoms with E-state index in [9.17, 15) is 0 Å². The van der Waals surface area contributed by atoms with Crippen LogP contribution in [0.4, 0.5) is 0 Å². The fourth-order valence-corrected chi connectivity index (χ4v) is 2.50. The van der Waals surface area contributed by atoms with Gasteiger partial charge in [0.25, 0.3) is 0 Å². The maximum atomic E-state index is 2.41. The summed E-state index contributed by atoms with van der Waals surface area (Å²) in [4.78, 5) is 4.79. The Kier molecular flexibility index (Phi) is 2.61. The van der Waals surface area contributed by atoms with E-state index in [-0.39, 0.29) is 0 Å². The fourth-order valence-electron chi connectivity index (χ4n) is 1.51. The molecule has 0 N–H and O–H groups in total. The molecule has 0 aliphatic carbocycles. The van der Waals surface area contributed by atoms with E-state index in [1.54, 1.807) is 0 Å². The Hall–Kier alpha value is 0.270. The Morgan fingerprint density at radius 1 is 1.40 bits per heavy atom. The molecule has 1 rings (SSSR count). The van der Waals surface area contributed by atoms with Crippen LogP contribution in [0, 0.1) is 0 Å². The highest BCUT2D eigenvalue weighted by atomic mass is 32.2. The maximum Gasteiger partial charge on any atom is 0.110 e. The van der Waals surface area contributed by atoms with Crippen LogP contribution in [0.15, 0.2) is 0 Å². The van der Waals surface area contributed by atoms with Gasteiger partial charge in [0.1, 0.15) is 5.50 Å². The zero-order valence-electron chi connectivity index (χ0n) is 7.16. The van der Waals surface area contributed by atoms with Gasteiger partial charge in [0.15, 0.2) is 0 Å². The summed E-state index contributed by atoms with van der Waals surface area (Å²) in [6, 6.07) is 0.711. The molecule has 0 saturated carbocycles.